The molecule has 0 bridgehead atoms. The van der Waals surface area contributed by atoms with Crippen LogP contribution in [0.2, 0.25) is 0 Å². The van der Waals surface area contributed by atoms with E-state index in [9.17, 15) is 5.21 Å². The van der Waals surface area contributed by atoms with Crippen LogP contribution in [0.15, 0.2) is 12.2 Å². The highest BCUT2D eigenvalue weighted by Crippen LogP contribution is 2.62. The van der Waals surface area contributed by atoms with Crippen molar-refractivity contribution in [3.8, 4) is 0 Å². The molecule has 0 amide bonds. The summed E-state index contributed by atoms with van der Waals surface area (Å²) in [6, 6.07) is 0. The molecule has 2 fully saturated rings. The highest BCUT2D eigenvalue weighted by Gasteiger charge is 2.65. The van der Waals surface area contributed by atoms with Crippen LogP contribution in [-0.4, -0.2) is 26.6 Å². The van der Waals surface area contributed by atoms with Gasteiger partial charge in [0.05, 0.1) is 12.0 Å². The molecular formula is C9H16N2O3. The van der Waals surface area contributed by atoms with E-state index in [2.05, 4.69) is 6.08 Å². The van der Waals surface area contributed by atoms with Gasteiger partial charge in [-0.15, -0.1) is 0 Å². The van der Waals surface area contributed by atoms with E-state index in [1.54, 1.807) is 7.11 Å². The van der Waals surface area contributed by atoms with Gasteiger partial charge < -0.3 is 14.7 Å². The van der Waals surface area contributed by atoms with E-state index in [0.717, 1.165) is 13.0 Å². The Morgan fingerprint density at radius 3 is 3.07 bits per heavy atom. The summed E-state index contributed by atoms with van der Waals surface area (Å²) in [6.07, 6.45) is 4.94. The van der Waals surface area contributed by atoms with Gasteiger partial charge in [0.25, 0.3) is 0 Å². The van der Waals surface area contributed by atoms with Gasteiger partial charge in [0.15, 0.2) is 6.29 Å². The Hall–Kier alpha value is -0.460. The third kappa shape index (κ3) is 1.57. The molecule has 0 radical (unpaired) electrons. The SMILES string of the molecule is COC1OCC12CC2/C=C/C[NH+](N)[O-]. The van der Waals surface area contributed by atoms with E-state index < -0.39 is 0 Å². The second-order valence-electron chi connectivity index (χ2n) is 4.02. The van der Waals surface area contributed by atoms with Crippen LogP contribution in [0.1, 0.15) is 6.42 Å². The predicted octanol–water partition coefficient (Wildman–Crippen LogP) is -1.19. The number of quaternary nitrogens is 1. The molecule has 5 nitrogen and oxygen atoms in total. The highest BCUT2D eigenvalue weighted by atomic mass is 16.7. The Bertz CT molecular complexity index is 242. The second-order valence-corrected chi connectivity index (χ2v) is 4.02. The van der Waals surface area contributed by atoms with Gasteiger partial charge >= 0.3 is 0 Å². The van der Waals surface area contributed by atoms with Crippen LogP contribution in [0.25, 0.3) is 0 Å². The fraction of sp³-hybridized carbons (Fsp3) is 0.778. The molecule has 5 heteroatoms. The number of nitrogens with two attached hydrogens (primary N) is 1. The maximum absolute atomic E-state index is 10.5. The summed E-state index contributed by atoms with van der Waals surface area (Å²) in [7, 11) is 1.66. The summed E-state index contributed by atoms with van der Waals surface area (Å²) in [4.78, 5) is 0. The van der Waals surface area contributed by atoms with Crippen molar-refractivity contribution in [2.24, 2.45) is 17.2 Å². The van der Waals surface area contributed by atoms with Gasteiger partial charge in [-0.05, 0) is 18.4 Å². The lowest BCUT2D eigenvalue weighted by Crippen LogP contribution is -3.13. The lowest BCUT2D eigenvalue weighted by molar-refractivity contribution is -0.854. The van der Waals surface area contributed by atoms with E-state index in [0.29, 0.717) is 12.5 Å². The highest BCUT2D eigenvalue weighted by molar-refractivity contribution is 5.17. The molecule has 1 saturated heterocycles. The van der Waals surface area contributed by atoms with Gasteiger partial charge in [-0.2, -0.15) is 5.84 Å². The smallest absolute Gasteiger partial charge is 0.165 e. The summed E-state index contributed by atoms with van der Waals surface area (Å²) in [5, 5.41) is 10.2. The largest absolute Gasteiger partial charge is 0.613 e. The second kappa shape index (κ2) is 3.60. The first-order chi connectivity index (χ1) is 6.69. The molecule has 1 spiro atoms. The van der Waals surface area contributed by atoms with Crippen molar-refractivity contribution in [1.82, 2.24) is 0 Å². The van der Waals surface area contributed by atoms with E-state index in [-0.39, 0.29) is 16.9 Å². The molecule has 1 aliphatic heterocycles. The lowest BCUT2D eigenvalue weighted by Gasteiger charge is -2.36. The molecule has 3 N–H and O–H groups in total. The van der Waals surface area contributed by atoms with Crippen molar-refractivity contribution in [3.05, 3.63) is 17.4 Å². The topological polar surface area (TPSA) is 72.0 Å². The molecule has 1 aliphatic carbocycles. The van der Waals surface area contributed by atoms with Crippen LogP contribution in [0.4, 0.5) is 0 Å². The number of rotatable bonds is 4. The van der Waals surface area contributed by atoms with E-state index in [1.807, 2.05) is 6.08 Å². The number of allylic oxidation sites excluding steroid dienone is 1. The van der Waals surface area contributed by atoms with E-state index >= 15 is 0 Å². The van der Waals surface area contributed by atoms with E-state index in [4.69, 9.17) is 15.3 Å². The maximum atomic E-state index is 10.5. The fourth-order valence-electron chi connectivity index (χ4n) is 2.06. The van der Waals surface area contributed by atoms with Gasteiger partial charge in [0, 0.05) is 7.11 Å². The Kier molecular flexibility index (Phi) is 2.59. The zero-order chi connectivity index (χ0) is 10.2. The normalized spacial score (nSPS) is 42.8. The van der Waals surface area contributed by atoms with Gasteiger partial charge in [-0.3, -0.25) is 5.17 Å². The molecule has 0 aromatic rings. The van der Waals surface area contributed by atoms with Gasteiger partial charge in [0.1, 0.15) is 6.54 Å². The van der Waals surface area contributed by atoms with Gasteiger partial charge in [-0.1, -0.05) is 6.08 Å². The minimum Gasteiger partial charge on any atom is -0.613 e. The summed E-state index contributed by atoms with van der Waals surface area (Å²) in [5.74, 6) is 5.53. The molecule has 14 heavy (non-hydrogen) atoms. The van der Waals surface area contributed by atoms with Crippen LogP contribution in [0.3, 0.4) is 0 Å². The Balaban J connectivity index is 1.78. The zero-order valence-corrected chi connectivity index (χ0v) is 8.23. The molecule has 0 aromatic heterocycles. The van der Waals surface area contributed by atoms with Gasteiger partial charge in [0.2, 0.25) is 0 Å². The van der Waals surface area contributed by atoms with E-state index in [1.165, 1.54) is 0 Å². The molecule has 1 saturated carbocycles. The quantitative estimate of drug-likeness (QED) is 0.340. The molecule has 0 aromatic carbocycles. The standard InChI is InChI=1S/C9H16N2O3/c1-13-8-9(6-14-8)5-7(9)3-2-4-11(10)12/h2-3,7-8,11H,4-6,10H2,1H3/b3-2+. The van der Waals surface area contributed by atoms with Gasteiger partial charge in [-0.25, -0.2) is 0 Å². The van der Waals surface area contributed by atoms with Crippen molar-refractivity contribution in [3.63, 3.8) is 0 Å². The first-order valence-corrected chi connectivity index (χ1v) is 4.78. The first-order valence-electron chi connectivity index (χ1n) is 4.78. The van der Waals surface area contributed by atoms with Crippen molar-refractivity contribution in [2.75, 3.05) is 20.3 Å². The predicted molar refractivity (Wildman–Crippen MR) is 49.8 cm³/mol. The fourth-order valence-corrected chi connectivity index (χ4v) is 2.06. The zero-order valence-electron chi connectivity index (χ0n) is 8.23. The molecule has 80 valence electrons. The number of methoxy groups -OCH3 is 1. The van der Waals surface area contributed by atoms with Crippen molar-refractivity contribution < 1.29 is 14.6 Å². The van der Waals surface area contributed by atoms with Crippen molar-refractivity contribution >= 4 is 0 Å². The first kappa shape index (κ1) is 10.1. The average molecular weight is 200 g/mol. The minimum atomic E-state index is -0.288. The van der Waals surface area contributed by atoms with Crippen LogP contribution in [0, 0.1) is 16.5 Å². The van der Waals surface area contributed by atoms with Crippen LogP contribution >= 0.6 is 0 Å². The summed E-state index contributed by atoms with van der Waals surface area (Å²) >= 11 is 0. The monoisotopic (exact) mass is 200 g/mol. The van der Waals surface area contributed by atoms with Crippen LogP contribution in [-0.2, 0) is 9.47 Å². The number of hydroxylamine groups is 1. The van der Waals surface area contributed by atoms with Crippen LogP contribution < -0.4 is 11.0 Å². The maximum Gasteiger partial charge on any atom is 0.165 e. The molecule has 2 aliphatic rings. The van der Waals surface area contributed by atoms with Crippen LogP contribution in [0.5, 0.6) is 0 Å². The van der Waals surface area contributed by atoms with Crippen molar-refractivity contribution in [2.45, 2.75) is 12.7 Å². The Morgan fingerprint density at radius 1 is 1.79 bits per heavy atom. The molecule has 2 rings (SSSR count). The third-order valence-corrected chi connectivity index (χ3v) is 3.05. The van der Waals surface area contributed by atoms with Crippen molar-refractivity contribution in [1.29, 1.82) is 0 Å². The molecule has 1 heterocycles. The Labute approximate surface area is 83.0 Å². The Morgan fingerprint density at radius 2 is 2.57 bits per heavy atom. The summed E-state index contributed by atoms with van der Waals surface area (Å²) in [5.41, 5.74) is 0.211. The lowest BCUT2D eigenvalue weighted by atomic mass is 9.99. The molecular weight excluding hydrogens is 184 g/mol. The number of hydrogen-bond acceptors (Lipinski definition) is 4. The molecule has 4 atom stereocenters. The number of ether oxygens (including phenoxy) is 2. The third-order valence-electron chi connectivity index (χ3n) is 3.05. The summed E-state index contributed by atoms with van der Waals surface area (Å²) in [6.45, 7) is 1.10. The number of nitrogens with one attached hydrogen (secondary N) is 1. The minimum absolute atomic E-state index is 0.0503. The summed E-state index contributed by atoms with van der Waals surface area (Å²) < 4.78 is 10.4. The molecule has 4 unspecified atom stereocenters. The number of hydrogen-bond donors (Lipinski definition) is 2. The average Bonchev–Trinajstić information content (AvgIpc) is 2.80.